The Bertz CT molecular complexity index is 790. The van der Waals surface area contributed by atoms with E-state index in [-0.39, 0.29) is 11.1 Å². The molecule has 0 fully saturated rings. The molecule has 0 saturated carbocycles. The molecule has 1 aliphatic rings. The third kappa shape index (κ3) is 3.97. The number of halogens is 3. The van der Waals surface area contributed by atoms with E-state index in [2.05, 4.69) is 13.0 Å². The Hall–Kier alpha value is -2.03. The zero-order valence-corrected chi connectivity index (χ0v) is 14.5. The monoisotopic (exact) mass is 344 g/mol. The second kappa shape index (κ2) is 7.90. The van der Waals surface area contributed by atoms with Gasteiger partial charge < -0.3 is 0 Å². The van der Waals surface area contributed by atoms with E-state index in [9.17, 15) is 13.2 Å². The quantitative estimate of drug-likeness (QED) is 0.492. The van der Waals surface area contributed by atoms with Crippen LogP contribution < -0.4 is 0 Å². The summed E-state index contributed by atoms with van der Waals surface area (Å²) in [6.07, 6.45) is 9.76. The molecule has 2 aromatic rings. The minimum absolute atomic E-state index is 0.0188. The summed E-state index contributed by atoms with van der Waals surface area (Å²) < 4.78 is 42.0. The summed E-state index contributed by atoms with van der Waals surface area (Å²) in [5.41, 5.74) is 3.34. The highest BCUT2D eigenvalue weighted by Gasteiger charge is 2.18. The van der Waals surface area contributed by atoms with Crippen LogP contribution in [0.5, 0.6) is 0 Å². The van der Waals surface area contributed by atoms with Crippen LogP contribution >= 0.6 is 0 Å². The third-order valence-electron chi connectivity index (χ3n) is 4.90. The first kappa shape index (κ1) is 17.8. The molecule has 0 N–H and O–H groups in total. The first-order valence-corrected chi connectivity index (χ1v) is 9.06. The zero-order valence-electron chi connectivity index (χ0n) is 14.5. The second-order valence-electron chi connectivity index (χ2n) is 6.75. The van der Waals surface area contributed by atoms with Crippen LogP contribution in [0.25, 0.3) is 17.2 Å². The van der Waals surface area contributed by atoms with Gasteiger partial charge in [0.15, 0.2) is 11.6 Å². The Morgan fingerprint density at radius 1 is 0.880 bits per heavy atom. The van der Waals surface area contributed by atoms with E-state index in [0.717, 1.165) is 36.5 Å². The van der Waals surface area contributed by atoms with E-state index < -0.39 is 17.5 Å². The molecule has 25 heavy (non-hydrogen) atoms. The Balaban J connectivity index is 1.86. The molecule has 0 aromatic heterocycles. The molecule has 3 heteroatoms. The first-order chi connectivity index (χ1) is 12.1. The number of allylic oxidation sites excluding steroid dienone is 1. The van der Waals surface area contributed by atoms with Crippen molar-refractivity contribution in [3.05, 3.63) is 64.5 Å². The van der Waals surface area contributed by atoms with Gasteiger partial charge in [-0.15, -0.1) is 0 Å². The number of hydrogen-bond acceptors (Lipinski definition) is 0. The largest absolute Gasteiger partial charge is 0.206 e. The number of hydrogen-bond donors (Lipinski definition) is 0. The van der Waals surface area contributed by atoms with Crippen LogP contribution in [0.2, 0.25) is 0 Å². The van der Waals surface area contributed by atoms with E-state index in [1.165, 1.54) is 49.5 Å². The fourth-order valence-corrected chi connectivity index (χ4v) is 3.47. The van der Waals surface area contributed by atoms with Gasteiger partial charge in [-0.2, -0.15) is 0 Å². The van der Waals surface area contributed by atoms with E-state index in [4.69, 9.17) is 0 Å². The predicted molar refractivity (Wildman–Crippen MR) is 96.8 cm³/mol. The Morgan fingerprint density at radius 3 is 2.52 bits per heavy atom. The van der Waals surface area contributed by atoms with Crippen LogP contribution in [0.1, 0.15) is 56.6 Å². The number of benzene rings is 2. The van der Waals surface area contributed by atoms with Crippen LogP contribution in [-0.2, 0) is 6.42 Å². The van der Waals surface area contributed by atoms with Crippen molar-refractivity contribution < 1.29 is 13.2 Å². The molecular formula is C22H23F3. The molecule has 0 nitrogen and oxygen atoms in total. The number of rotatable bonds is 6. The topological polar surface area (TPSA) is 0 Å². The molecule has 2 aromatic carbocycles. The average molecular weight is 344 g/mol. The Labute approximate surface area is 147 Å². The van der Waals surface area contributed by atoms with Gasteiger partial charge in [0.25, 0.3) is 0 Å². The molecule has 0 spiro atoms. The summed E-state index contributed by atoms with van der Waals surface area (Å²) in [5, 5.41) is 0. The van der Waals surface area contributed by atoms with E-state index >= 15 is 0 Å². The third-order valence-corrected chi connectivity index (χ3v) is 4.90. The first-order valence-electron chi connectivity index (χ1n) is 9.06. The predicted octanol–water partition coefficient (Wildman–Crippen LogP) is 7.07. The SMILES string of the molecule is CCCCCCC1=Cc2cc(F)c(-c3cccc(F)c3F)cc2CC1. The van der Waals surface area contributed by atoms with Gasteiger partial charge in [-0.3, -0.25) is 0 Å². The van der Waals surface area contributed by atoms with Gasteiger partial charge in [0.05, 0.1) is 0 Å². The Morgan fingerprint density at radius 2 is 1.72 bits per heavy atom. The van der Waals surface area contributed by atoms with E-state index in [1.54, 1.807) is 6.07 Å². The molecular weight excluding hydrogens is 321 g/mol. The molecule has 132 valence electrons. The normalized spacial score (nSPS) is 13.5. The smallest absolute Gasteiger partial charge is 0.166 e. The van der Waals surface area contributed by atoms with Gasteiger partial charge in [-0.25, -0.2) is 13.2 Å². The van der Waals surface area contributed by atoms with E-state index in [0.29, 0.717) is 0 Å². The van der Waals surface area contributed by atoms with Gasteiger partial charge in [0, 0.05) is 11.1 Å². The van der Waals surface area contributed by atoms with E-state index in [1.807, 2.05) is 0 Å². The molecule has 0 radical (unpaired) electrons. The second-order valence-corrected chi connectivity index (χ2v) is 6.75. The van der Waals surface area contributed by atoms with Gasteiger partial charge in [-0.05, 0) is 55.0 Å². The lowest BCUT2D eigenvalue weighted by Crippen LogP contribution is -2.02. The van der Waals surface area contributed by atoms with Crippen molar-refractivity contribution in [1.29, 1.82) is 0 Å². The van der Waals surface area contributed by atoms with Crippen molar-refractivity contribution in [3.8, 4) is 11.1 Å². The van der Waals surface area contributed by atoms with Crippen molar-refractivity contribution >= 4 is 6.08 Å². The van der Waals surface area contributed by atoms with Crippen LogP contribution in [0, 0.1) is 17.5 Å². The highest BCUT2D eigenvalue weighted by atomic mass is 19.2. The molecule has 0 aliphatic heterocycles. The average Bonchev–Trinajstić information content (AvgIpc) is 2.61. The minimum atomic E-state index is -0.996. The summed E-state index contributed by atoms with van der Waals surface area (Å²) in [6.45, 7) is 2.19. The van der Waals surface area contributed by atoms with Crippen LogP contribution in [0.3, 0.4) is 0 Å². The fraction of sp³-hybridized carbons (Fsp3) is 0.364. The minimum Gasteiger partial charge on any atom is -0.206 e. The number of aryl methyl sites for hydroxylation is 1. The molecule has 0 atom stereocenters. The maximum Gasteiger partial charge on any atom is 0.166 e. The molecule has 0 unspecified atom stereocenters. The molecule has 0 saturated heterocycles. The Kier molecular flexibility index (Phi) is 5.62. The van der Waals surface area contributed by atoms with Crippen LogP contribution in [-0.4, -0.2) is 0 Å². The summed E-state index contributed by atoms with van der Waals surface area (Å²) in [6, 6.07) is 7.00. The summed E-state index contributed by atoms with van der Waals surface area (Å²) in [7, 11) is 0. The maximum absolute atomic E-state index is 14.5. The van der Waals surface area contributed by atoms with Crippen molar-refractivity contribution in [2.24, 2.45) is 0 Å². The maximum atomic E-state index is 14.5. The van der Waals surface area contributed by atoms with Crippen molar-refractivity contribution in [1.82, 2.24) is 0 Å². The number of unbranched alkanes of at least 4 members (excludes halogenated alkanes) is 3. The molecule has 0 amide bonds. The zero-order chi connectivity index (χ0) is 17.8. The van der Waals surface area contributed by atoms with Gasteiger partial charge in [-0.1, -0.05) is 50.0 Å². The lowest BCUT2D eigenvalue weighted by molar-refractivity contribution is 0.510. The summed E-state index contributed by atoms with van der Waals surface area (Å²) in [4.78, 5) is 0. The fourth-order valence-electron chi connectivity index (χ4n) is 3.47. The van der Waals surface area contributed by atoms with Gasteiger partial charge in [0.1, 0.15) is 5.82 Å². The molecule has 1 aliphatic carbocycles. The highest BCUT2D eigenvalue weighted by molar-refractivity contribution is 5.70. The van der Waals surface area contributed by atoms with Gasteiger partial charge in [0.2, 0.25) is 0 Å². The highest BCUT2D eigenvalue weighted by Crippen LogP contribution is 2.34. The molecule has 3 rings (SSSR count). The standard InChI is InChI=1S/C22H23F3/c1-2-3-4-5-7-15-10-11-16-13-19(21(24)14-17(16)12-15)18-8-6-9-20(23)22(18)25/h6,8-9,12-14H,2-5,7,10-11H2,1H3. The summed E-state index contributed by atoms with van der Waals surface area (Å²) in [5.74, 6) is -2.46. The molecule has 0 bridgehead atoms. The van der Waals surface area contributed by atoms with Crippen molar-refractivity contribution in [2.45, 2.75) is 51.9 Å². The van der Waals surface area contributed by atoms with Crippen molar-refractivity contribution in [2.75, 3.05) is 0 Å². The number of fused-ring (bicyclic) bond motifs is 1. The van der Waals surface area contributed by atoms with Crippen LogP contribution in [0.15, 0.2) is 35.9 Å². The summed E-state index contributed by atoms with van der Waals surface area (Å²) >= 11 is 0. The lowest BCUT2D eigenvalue weighted by atomic mass is 9.87. The van der Waals surface area contributed by atoms with Crippen molar-refractivity contribution in [3.63, 3.8) is 0 Å². The molecule has 0 heterocycles. The van der Waals surface area contributed by atoms with Crippen LogP contribution in [0.4, 0.5) is 13.2 Å². The lowest BCUT2D eigenvalue weighted by Gasteiger charge is -2.18. The van der Waals surface area contributed by atoms with Gasteiger partial charge >= 0.3 is 0 Å².